The molecule has 7 nitrogen and oxygen atoms in total. The third kappa shape index (κ3) is 5.32. The number of carbonyl (C=O) groups excluding carboxylic acids is 2. The third-order valence-corrected chi connectivity index (χ3v) is 6.36. The molecule has 11 heteroatoms. The van der Waals surface area contributed by atoms with E-state index in [0.717, 1.165) is 17.8 Å². The van der Waals surface area contributed by atoms with Gasteiger partial charge in [-0.3, -0.25) is 9.59 Å². The van der Waals surface area contributed by atoms with E-state index in [1.165, 1.54) is 6.07 Å². The molecule has 1 aromatic heterocycles. The van der Waals surface area contributed by atoms with Crippen LogP contribution in [0.25, 0.3) is 0 Å². The van der Waals surface area contributed by atoms with Crippen LogP contribution in [0.3, 0.4) is 0 Å². The Bertz CT molecular complexity index is 1070. The smallest absolute Gasteiger partial charge is 0.484 e. The first-order valence-electron chi connectivity index (χ1n) is 10.2. The second-order valence-electron chi connectivity index (χ2n) is 8.55. The number of nitrogens with zero attached hydrogens (tertiary/aromatic N) is 1. The van der Waals surface area contributed by atoms with Gasteiger partial charge in [-0.1, -0.05) is 11.6 Å². The van der Waals surface area contributed by atoms with Crippen LogP contribution in [-0.4, -0.2) is 40.8 Å². The van der Waals surface area contributed by atoms with Crippen LogP contribution in [0.2, 0.25) is 5.02 Å². The zero-order valence-electron chi connectivity index (χ0n) is 17.6. The standard InChI is InChI=1S/C22H21ClF3N3O4/c1-13-8-15(3-4-16(13)23)32-10-17(30)28-20-6-7-21(11-20,12-20)29-19(31)14-2-5-18(27-9-14)33-22(24,25)26/h2-5,8-9H,6-7,10-12H2,1H3,(H,28,30)(H,29,31). The van der Waals surface area contributed by atoms with Crippen molar-refractivity contribution >= 4 is 23.4 Å². The van der Waals surface area contributed by atoms with Crippen LogP contribution in [-0.2, 0) is 4.79 Å². The van der Waals surface area contributed by atoms with Crippen LogP contribution >= 0.6 is 11.6 Å². The molecular formula is C22H21ClF3N3O4. The van der Waals surface area contributed by atoms with E-state index >= 15 is 0 Å². The number of nitrogens with one attached hydrogen (secondary N) is 2. The molecule has 0 atom stereocenters. The van der Waals surface area contributed by atoms with Gasteiger partial charge in [-0.05, 0) is 62.4 Å². The summed E-state index contributed by atoms with van der Waals surface area (Å²) < 4.78 is 45.9. The summed E-state index contributed by atoms with van der Waals surface area (Å²) in [5.41, 5.74) is 0.117. The van der Waals surface area contributed by atoms with Crippen molar-refractivity contribution in [3.05, 3.63) is 52.7 Å². The number of rotatable bonds is 7. The largest absolute Gasteiger partial charge is 0.574 e. The van der Waals surface area contributed by atoms with Gasteiger partial charge in [0.25, 0.3) is 11.8 Å². The molecule has 0 unspecified atom stereocenters. The Hall–Kier alpha value is -3.01. The number of alkyl halides is 3. The van der Waals surface area contributed by atoms with E-state index in [1.54, 1.807) is 18.2 Å². The van der Waals surface area contributed by atoms with Crippen molar-refractivity contribution in [3.8, 4) is 11.6 Å². The Morgan fingerprint density at radius 2 is 1.82 bits per heavy atom. The highest BCUT2D eigenvalue weighted by atomic mass is 35.5. The van der Waals surface area contributed by atoms with E-state index in [2.05, 4.69) is 20.4 Å². The Morgan fingerprint density at radius 1 is 1.12 bits per heavy atom. The fourth-order valence-corrected chi connectivity index (χ4v) is 4.69. The summed E-state index contributed by atoms with van der Waals surface area (Å²) in [5.74, 6) is -0.788. The number of carbonyl (C=O) groups is 2. The summed E-state index contributed by atoms with van der Waals surface area (Å²) in [6.45, 7) is 1.70. The number of halogens is 4. The normalized spacial score (nSPS) is 23.4. The van der Waals surface area contributed by atoms with Crippen molar-refractivity contribution in [3.63, 3.8) is 0 Å². The van der Waals surface area contributed by atoms with Crippen LogP contribution in [0.5, 0.6) is 11.6 Å². The quantitative estimate of drug-likeness (QED) is 0.623. The van der Waals surface area contributed by atoms with E-state index in [1.807, 2.05) is 6.92 Å². The average Bonchev–Trinajstić information content (AvgIpc) is 3.23. The lowest BCUT2D eigenvalue weighted by Crippen LogP contribution is -2.64. The Morgan fingerprint density at radius 3 is 2.42 bits per heavy atom. The number of hydrogen-bond donors (Lipinski definition) is 2. The van der Waals surface area contributed by atoms with Crippen LogP contribution in [0.4, 0.5) is 13.2 Å². The Kier molecular flexibility index (Phi) is 5.90. The van der Waals surface area contributed by atoms with Crippen molar-refractivity contribution in [2.45, 2.75) is 50.0 Å². The summed E-state index contributed by atoms with van der Waals surface area (Å²) in [4.78, 5) is 28.4. The minimum atomic E-state index is -4.85. The molecule has 0 aliphatic heterocycles. The van der Waals surface area contributed by atoms with Gasteiger partial charge in [0.15, 0.2) is 6.61 Å². The average molecular weight is 484 g/mol. The van der Waals surface area contributed by atoms with Crippen molar-refractivity contribution in [1.82, 2.24) is 15.6 Å². The van der Waals surface area contributed by atoms with Crippen LogP contribution in [0.15, 0.2) is 36.5 Å². The fraction of sp³-hybridized carbons (Fsp3) is 0.409. The Balaban J connectivity index is 1.27. The monoisotopic (exact) mass is 483 g/mol. The highest BCUT2D eigenvalue weighted by Crippen LogP contribution is 2.55. The molecule has 3 aliphatic carbocycles. The number of hydrogen-bond acceptors (Lipinski definition) is 5. The van der Waals surface area contributed by atoms with Crippen LogP contribution in [0, 0.1) is 6.92 Å². The number of amides is 2. The molecular weight excluding hydrogens is 463 g/mol. The first-order chi connectivity index (χ1) is 15.5. The molecule has 3 fully saturated rings. The molecule has 0 spiro atoms. The molecule has 2 bridgehead atoms. The van der Waals surface area contributed by atoms with Gasteiger partial charge < -0.3 is 20.1 Å². The third-order valence-electron chi connectivity index (χ3n) is 5.94. The van der Waals surface area contributed by atoms with Crippen LogP contribution < -0.4 is 20.1 Å². The number of fused-ring (bicyclic) bond motifs is 1. The minimum Gasteiger partial charge on any atom is -0.484 e. The predicted molar refractivity (Wildman–Crippen MR) is 112 cm³/mol. The molecule has 33 heavy (non-hydrogen) atoms. The molecule has 1 aromatic carbocycles. The highest BCUT2D eigenvalue weighted by molar-refractivity contribution is 6.31. The van der Waals surface area contributed by atoms with E-state index in [-0.39, 0.29) is 18.1 Å². The van der Waals surface area contributed by atoms with Gasteiger partial charge in [-0.25, -0.2) is 4.98 Å². The molecule has 3 aliphatic rings. The van der Waals surface area contributed by atoms with E-state index < -0.39 is 29.2 Å². The number of benzene rings is 1. The van der Waals surface area contributed by atoms with Crippen LogP contribution in [0.1, 0.15) is 41.6 Å². The molecule has 1 heterocycles. The zero-order valence-corrected chi connectivity index (χ0v) is 18.3. The molecule has 2 amide bonds. The number of aromatic nitrogens is 1. The molecule has 2 aromatic rings. The predicted octanol–water partition coefficient (Wildman–Crippen LogP) is 3.93. The first-order valence-corrected chi connectivity index (χ1v) is 10.6. The van der Waals surface area contributed by atoms with Gasteiger partial charge in [-0.2, -0.15) is 0 Å². The number of pyridine rings is 1. The number of aryl methyl sites for hydroxylation is 1. The lowest BCUT2D eigenvalue weighted by molar-refractivity contribution is -0.276. The second kappa shape index (κ2) is 8.40. The summed E-state index contributed by atoms with van der Waals surface area (Å²) in [5, 5.41) is 6.56. The lowest BCUT2D eigenvalue weighted by Gasteiger charge is -2.48. The number of ether oxygens (including phenoxy) is 2. The summed E-state index contributed by atoms with van der Waals surface area (Å²) in [6.07, 6.45) is -1.29. The maximum Gasteiger partial charge on any atom is 0.574 e. The second-order valence-corrected chi connectivity index (χ2v) is 8.96. The van der Waals surface area contributed by atoms with E-state index in [0.29, 0.717) is 36.5 Å². The van der Waals surface area contributed by atoms with Gasteiger partial charge in [0.1, 0.15) is 5.75 Å². The maximum absolute atomic E-state index is 12.5. The maximum atomic E-state index is 12.5. The van der Waals surface area contributed by atoms with Crippen molar-refractivity contribution in [2.24, 2.45) is 0 Å². The fourth-order valence-electron chi connectivity index (χ4n) is 4.57. The topological polar surface area (TPSA) is 89.6 Å². The molecule has 0 radical (unpaired) electrons. The lowest BCUT2D eigenvalue weighted by atomic mass is 9.71. The van der Waals surface area contributed by atoms with Crippen molar-refractivity contribution in [1.29, 1.82) is 0 Å². The molecule has 5 rings (SSSR count). The van der Waals surface area contributed by atoms with Gasteiger partial charge in [0.05, 0.1) is 5.56 Å². The van der Waals surface area contributed by atoms with Crippen molar-refractivity contribution in [2.75, 3.05) is 6.61 Å². The van der Waals surface area contributed by atoms with Gasteiger partial charge >= 0.3 is 6.36 Å². The van der Waals surface area contributed by atoms with Crippen molar-refractivity contribution < 1.29 is 32.2 Å². The van der Waals surface area contributed by atoms with E-state index in [9.17, 15) is 22.8 Å². The minimum absolute atomic E-state index is 0.124. The van der Waals surface area contributed by atoms with Gasteiger partial charge in [-0.15, -0.1) is 13.2 Å². The molecule has 176 valence electrons. The zero-order chi connectivity index (χ0) is 23.9. The molecule has 2 N–H and O–H groups in total. The van der Waals surface area contributed by atoms with Gasteiger partial charge in [0, 0.05) is 28.4 Å². The highest BCUT2D eigenvalue weighted by Gasteiger charge is 2.62. The summed E-state index contributed by atoms with van der Waals surface area (Å²) >= 11 is 5.98. The molecule has 0 saturated heterocycles. The summed E-state index contributed by atoms with van der Waals surface area (Å²) in [7, 11) is 0. The Labute approximate surface area is 192 Å². The van der Waals surface area contributed by atoms with Gasteiger partial charge in [0.2, 0.25) is 5.88 Å². The summed E-state index contributed by atoms with van der Waals surface area (Å²) in [6, 6.07) is 7.36. The molecule has 3 saturated carbocycles. The first kappa shape index (κ1) is 23.2. The SMILES string of the molecule is Cc1cc(OCC(=O)NC23CCC(NC(=O)c4ccc(OC(F)(F)F)nc4)(C2)C3)ccc1Cl. The van der Waals surface area contributed by atoms with E-state index in [4.69, 9.17) is 16.3 Å².